The molecule has 0 unspecified atom stereocenters. The van der Waals surface area contributed by atoms with Gasteiger partial charge in [0.05, 0.1) is 52.8 Å². The maximum atomic E-state index is 12.8. The molecule has 0 spiro atoms. The first-order chi connectivity index (χ1) is 23.3. The van der Waals surface area contributed by atoms with Crippen molar-refractivity contribution in [3.8, 4) is 17.6 Å². The van der Waals surface area contributed by atoms with E-state index < -0.39 is 4.93 Å². The Morgan fingerprint density at radius 3 is 2.16 bits per heavy atom. The topological polar surface area (TPSA) is 114 Å². The van der Waals surface area contributed by atoms with Crippen molar-refractivity contribution in [3.63, 3.8) is 0 Å². The zero-order valence-corrected chi connectivity index (χ0v) is 32.8. The number of amides is 2. The first kappa shape index (κ1) is 45.0. The van der Waals surface area contributed by atoms with Crippen LogP contribution in [0.15, 0.2) is 24.3 Å². The van der Waals surface area contributed by atoms with E-state index in [-0.39, 0.29) is 48.9 Å². The minimum Gasteiger partial charge on any atom is -0.490 e. The van der Waals surface area contributed by atoms with Crippen molar-refractivity contribution in [2.45, 2.75) is 84.3 Å². The fraction of sp³-hybridized carbons (Fsp3) is 0.730. The van der Waals surface area contributed by atoms with Gasteiger partial charge in [-0.05, 0) is 37.5 Å². The van der Waals surface area contributed by atoms with Gasteiger partial charge in [-0.3, -0.25) is 9.59 Å². The number of unbranched alkanes of at least 4 members (excludes halogenated alkanes) is 1. The van der Waals surface area contributed by atoms with Crippen molar-refractivity contribution >= 4 is 33.4 Å². The highest BCUT2D eigenvalue weighted by molar-refractivity contribution is 8.77. The molecule has 0 bridgehead atoms. The van der Waals surface area contributed by atoms with E-state index in [9.17, 15) is 9.59 Å². The molecule has 0 radical (unpaired) electrons. The van der Waals surface area contributed by atoms with Crippen molar-refractivity contribution in [2.75, 3.05) is 79.2 Å². The molecule has 1 aromatic carbocycles. The highest BCUT2D eigenvalue weighted by atomic mass is 33.1. The first-order valence-electron chi connectivity index (χ1n) is 17.4. The fourth-order valence-corrected chi connectivity index (χ4v) is 6.04. The largest absolute Gasteiger partial charge is 0.490 e. The summed E-state index contributed by atoms with van der Waals surface area (Å²) in [6.45, 7) is 21.5. The molecule has 0 aliphatic heterocycles. The van der Waals surface area contributed by atoms with Crippen LogP contribution in [-0.2, 0) is 28.5 Å². The first-order valence-corrected chi connectivity index (χ1v) is 19.5. The summed E-state index contributed by atoms with van der Waals surface area (Å²) >= 11 is 0. The summed E-state index contributed by atoms with van der Waals surface area (Å²) in [6.07, 6.45) is 3.53. The maximum absolute atomic E-state index is 12.8. The SMILES string of the molecule is CC(C)C#CCNC(=O)COCCO[C@@](C)(COc1cccc(C(=O)NCCOCCOCCOCCCCC(C)C)c1)SSC(C)(C)C. The lowest BCUT2D eigenvalue weighted by molar-refractivity contribution is -0.126. The van der Waals surface area contributed by atoms with Gasteiger partial charge in [0.1, 0.15) is 19.0 Å². The summed E-state index contributed by atoms with van der Waals surface area (Å²) in [5.41, 5.74) is 0.492. The van der Waals surface area contributed by atoms with Crippen LogP contribution in [0.1, 0.15) is 85.0 Å². The van der Waals surface area contributed by atoms with E-state index in [1.807, 2.05) is 26.8 Å². The van der Waals surface area contributed by atoms with E-state index in [0.29, 0.717) is 57.4 Å². The highest BCUT2D eigenvalue weighted by Gasteiger charge is 2.30. The van der Waals surface area contributed by atoms with Crippen molar-refractivity contribution < 1.29 is 38.0 Å². The second kappa shape index (κ2) is 26.8. The molecule has 10 nitrogen and oxygen atoms in total. The van der Waals surface area contributed by atoms with Crippen LogP contribution in [-0.4, -0.2) is 101 Å². The molecular weight excluding hydrogens is 665 g/mol. The molecule has 0 heterocycles. The maximum Gasteiger partial charge on any atom is 0.251 e. The standard InChI is InChI=1S/C37H62N2O8S2/c1-30(2)13-9-10-19-42-21-23-44-24-22-43-20-18-39-35(41)32-15-11-16-33(27-32)46-29-37(8,49-48-36(5,6)7)47-26-25-45-28-34(40)38-17-12-14-31(3)4/h11,15-16,27,30-31H,9-10,13,17-26,28-29H2,1-8H3,(H,38,40)(H,39,41)/t37-/m1/s1. The number of ether oxygens (including phenoxy) is 6. The third-order valence-corrected chi connectivity index (χ3v) is 10.3. The Hall–Kier alpha value is -1.98. The average molecular weight is 727 g/mol. The summed E-state index contributed by atoms with van der Waals surface area (Å²) in [6, 6.07) is 7.06. The van der Waals surface area contributed by atoms with E-state index in [4.69, 9.17) is 28.4 Å². The van der Waals surface area contributed by atoms with Gasteiger partial charge in [0, 0.05) is 29.4 Å². The summed E-state index contributed by atoms with van der Waals surface area (Å²) in [5, 5.41) is 5.60. The van der Waals surface area contributed by atoms with Gasteiger partial charge in [0.2, 0.25) is 5.91 Å². The molecule has 2 N–H and O–H groups in total. The number of hydrogen-bond donors (Lipinski definition) is 2. The van der Waals surface area contributed by atoms with Gasteiger partial charge in [-0.25, -0.2) is 0 Å². The van der Waals surface area contributed by atoms with Gasteiger partial charge < -0.3 is 39.1 Å². The van der Waals surface area contributed by atoms with Crippen LogP contribution in [0.3, 0.4) is 0 Å². The molecular formula is C37H62N2O8S2. The summed E-state index contributed by atoms with van der Waals surface area (Å²) in [4.78, 5) is 24.0. The molecule has 0 aromatic heterocycles. The lowest BCUT2D eigenvalue weighted by atomic mass is 10.1. The Morgan fingerprint density at radius 2 is 1.49 bits per heavy atom. The Kier molecular flexibility index (Phi) is 24.6. The van der Waals surface area contributed by atoms with E-state index >= 15 is 0 Å². The smallest absolute Gasteiger partial charge is 0.251 e. The minimum atomic E-state index is -0.713. The predicted molar refractivity (Wildman–Crippen MR) is 201 cm³/mol. The van der Waals surface area contributed by atoms with Crippen molar-refractivity contribution in [1.29, 1.82) is 0 Å². The lowest BCUT2D eigenvalue weighted by Gasteiger charge is -2.31. The molecule has 2 amide bonds. The van der Waals surface area contributed by atoms with Crippen LogP contribution in [0.5, 0.6) is 5.75 Å². The normalized spacial score (nSPS) is 12.8. The van der Waals surface area contributed by atoms with Crippen LogP contribution < -0.4 is 15.4 Å². The molecule has 0 saturated carbocycles. The van der Waals surface area contributed by atoms with E-state index in [2.05, 4.69) is 57.1 Å². The number of nitrogens with one attached hydrogen (secondary N) is 2. The van der Waals surface area contributed by atoms with Crippen molar-refractivity contribution in [3.05, 3.63) is 29.8 Å². The third kappa shape index (κ3) is 26.5. The lowest BCUT2D eigenvalue weighted by Crippen LogP contribution is -2.34. The van der Waals surface area contributed by atoms with Crippen LogP contribution in [0.25, 0.3) is 0 Å². The van der Waals surface area contributed by atoms with Crippen LogP contribution in [0.4, 0.5) is 0 Å². The Labute approximate surface area is 303 Å². The zero-order chi connectivity index (χ0) is 36.4. The summed E-state index contributed by atoms with van der Waals surface area (Å²) < 4.78 is 34.5. The Bertz CT molecular complexity index is 1100. The zero-order valence-electron chi connectivity index (χ0n) is 31.2. The Balaban J connectivity index is 2.38. The monoisotopic (exact) mass is 726 g/mol. The molecule has 1 atom stereocenters. The average Bonchev–Trinajstić information content (AvgIpc) is 3.04. The third-order valence-electron chi connectivity index (χ3n) is 6.29. The predicted octanol–water partition coefficient (Wildman–Crippen LogP) is 6.38. The van der Waals surface area contributed by atoms with Gasteiger partial charge in [0.15, 0.2) is 4.93 Å². The quantitative estimate of drug-likeness (QED) is 0.0459. The molecule has 1 aromatic rings. The van der Waals surface area contributed by atoms with Crippen molar-refractivity contribution in [1.82, 2.24) is 10.6 Å². The molecule has 0 saturated heterocycles. The van der Waals surface area contributed by atoms with Gasteiger partial charge in [-0.1, -0.05) is 101 Å². The van der Waals surface area contributed by atoms with Crippen LogP contribution in [0, 0.1) is 23.7 Å². The number of rotatable bonds is 27. The van der Waals surface area contributed by atoms with Gasteiger partial charge >= 0.3 is 0 Å². The van der Waals surface area contributed by atoms with Gasteiger partial charge in [-0.15, -0.1) is 0 Å². The number of hydrogen-bond acceptors (Lipinski definition) is 10. The second-order valence-electron chi connectivity index (χ2n) is 13.4. The number of carbonyl (C=O) groups is 2. The van der Waals surface area contributed by atoms with Crippen molar-refractivity contribution in [2.24, 2.45) is 11.8 Å². The van der Waals surface area contributed by atoms with E-state index in [1.54, 1.807) is 39.8 Å². The molecule has 49 heavy (non-hydrogen) atoms. The van der Waals surface area contributed by atoms with E-state index in [1.165, 1.54) is 12.8 Å². The van der Waals surface area contributed by atoms with E-state index in [0.717, 1.165) is 18.9 Å². The number of carbonyl (C=O) groups excluding carboxylic acids is 2. The molecule has 1 rings (SSSR count). The minimum absolute atomic E-state index is 0.00156. The Morgan fingerprint density at radius 1 is 0.816 bits per heavy atom. The summed E-state index contributed by atoms with van der Waals surface area (Å²) in [5.74, 6) is 7.05. The van der Waals surface area contributed by atoms with Gasteiger partial charge in [-0.2, -0.15) is 0 Å². The fourth-order valence-electron chi connectivity index (χ4n) is 3.81. The van der Waals surface area contributed by atoms with Gasteiger partial charge in [0.25, 0.3) is 5.91 Å². The van der Waals surface area contributed by atoms with Crippen LogP contribution in [0.2, 0.25) is 0 Å². The number of benzene rings is 1. The molecule has 280 valence electrons. The summed E-state index contributed by atoms with van der Waals surface area (Å²) in [7, 11) is 3.27. The second-order valence-corrected chi connectivity index (χ2v) is 16.8. The molecule has 0 aliphatic rings. The van der Waals surface area contributed by atoms with Crippen LogP contribution >= 0.6 is 21.6 Å². The highest BCUT2D eigenvalue weighted by Crippen LogP contribution is 2.44. The molecule has 0 fully saturated rings. The molecule has 0 aliphatic carbocycles. The molecule has 12 heteroatoms.